The molecular formula is C9H9NO4. The van der Waals surface area contributed by atoms with Crippen LogP contribution in [0.25, 0.3) is 0 Å². The van der Waals surface area contributed by atoms with Gasteiger partial charge in [-0.3, -0.25) is 4.79 Å². The molecule has 0 radical (unpaired) electrons. The van der Waals surface area contributed by atoms with Gasteiger partial charge in [-0.2, -0.15) is 0 Å². The van der Waals surface area contributed by atoms with E-state index in [1.54, 1.807) is 0 Å². The molecule has 5 heteroatoms. The van der Waals surface area contributed by atoms with E-state index in [9.17, 15) is 14.7 Å². The lowest BCUT2D eigenvalue weighted by molar-refractivity contribution is -0.105. The van der Waals surface area contributed by atoms with E-state index >= 15 is 0 Å². The minimum absolute atomic E-state index is 0.181. The van der Waals surface area contributed by atoms with Crippen molar-refractivity contribution in [1.82, 2.24) is 0 Å². The lowest BCUT2D eigenvalue weighted by Crippen LogP contribution is -2.02. The Hall–Kier alpha value is -2.04. The summed E-state index contributed by atoms with van der Waals surface area (Å²) in [5.41, 5.74) is 0.467. The smallest absolute Gasteiger partial charge is 0.337 e. The van der Waals surface area contributed by atoms with Gasteiger partial charge < -0.3 is 15.2 Å². The van der Waals surface area contributed by atoms with Gasteiger partial charge in [0, 0.05) is 0 Å². The number of carbonyl (C=O) groups is 2. The monoisotopic (exact) mass is 195 g/mol. The fraction of sp³-hybridized carbons (Fsp3) is 0.111. The normalized spacial score (nSPS) is 9.21. The molecule has 0 aromatic heterocycles. The van der Waals surface area contributed by atoms with E-state index in [1.807, 2.05) is 0 Å². The molecule has 1 rings (SSSR count). The molecule has 0 fully saturated rings. The van der Waals surface area contributed by atoms with Crippen molar-refractivity contribution in [2.45, 2.75) is 0 Å². The molecule has 0 aliphatic carbocycles. The maximum Gasteiger partial charge on any atom is 0.337 e. The highest BCUT2D eigenvalue weighted by Crippen LogP contribution is 2.23. The molecule has 0 aliphatic heterocycles. The highest BCUT2D eigenvalue weighted by molar-refractivity contribution is 5.91. The molecule has 0 unspecified atom stereocenters. The molecule has 0 bridgehead atoms. The summed E-state index contributed by atoms with van der Waals surface area (Å²) in [7, 11) is 1.25. The van der Waals surface area contributed by atoms with Crippen molar-refractivity contribution in [1.29, 1.82) is 0 Å². The van der Waals surface area contributed by atoms with E-state index in [4.69, 9.17) is 0 Å². The summed E-state index contributed by atoms with van der Waals surface area (Å²) < 4.78 is 4.45. The number of phenols is 1. The van der Waals surface area contributed by atoms with Gasteiger partial charge in [-0.25, -0.2) is 4.79 Å². The van der Waals surface area contributed by atoms with Crippen molar-refractivity contribution in [3.05, 3.63) is 23.8 Å². The molecule has 0 saturated heterocycles. The van der Waals surface area contributed by atoms with Crippen molar-refractivity contribution in [3.63, 3.8) is 0 Å². The van der Waals surface area contributed by atoms with Crippen molar-refractivity contribution < 1.29 is 19.4 Å². The number of hydrogen-bond acceptors (Lipinski definition) is 4. The summed E-state index contributed by atoms with van der Waals surface area (Å²) in [6.45, 7) is 0. The molecule has 1 aromatic carbocycles. The maximum atomic E-state index is 11.0. The lowest BCUT2D eigenvalue weighted by Gasteiger charge is -2.04. The molecule has 14 heavy (non-hydrogen) atoms. The second-order valence-electron chi connectivity index (χ2n) is 2.49. The number of esters is 1. The number of amides is 1. The van der Waals surface area contributed by atoms with Gasteiger partial charge in [-0.1, -0.05) is 0 Å². The number of hydrogen-bond donors (Lipinski definition) is 2. The van der Waals surface area contributed by atoms with E-state index in [1.165, 1.54) is 25.3 Å². The van der Waals surface area contributed by atoms with Gasteiger partial charge in [0.25, 0.3) is 0 Å². The first kappa shape index (κ1) is 10.0. The number of rotatable bonds is 3. The van der Waals surface area contributed by atoms with E-state index in [2.05, 4.69) is 10.1 Å². The fourth-order valence-electron chi connectivity index (χ4n) is 0.962. The van der Waals surface area contributed by atoms with Gasteiger partial charge in [0.2, 0.25) is 6.41 Å². The third-order valence-electron chi connectivity index (χ3n) is 1.63. The standard InChI is InChI=1S/C9H9NO4/c1-14-9(13)6-2-3-7(10-5-11)8(12)4-6/h2-5,12H,1H3,(H,10,11). The number of ether oxygens (including phenoxy) is 1. The van der Waals surface area contributed by atoms with Crippen LogP contribution in [-0.4, -0.2) is 24.6 Å². The van der Waals surface area contributed by atoms with Gasteiger partial charge in [-0.05, 0) is 18.2 Å². The van der Waals surface area contributed by atoms with E-state index in [0.29, 0.717) is 6.41 Å². The van der Waals surface area contributed by atoms with Gasteiger partial charge in [-0.15, -0.1) is 0 Å². The van der Waals surface area contributed by atoms with Gasteiger partial charge in [0.1, 0.15) is 5.75 Å². The zero-order valence-corrected chi connectivity index (χ0v) is 7.48. The fourth-order valence-corrected chi connectivity index (χ4v) is 0.962. The molecule has 5 nitrogen and oxygen atoms in total. The molecule has 0 heterocycles. The summed E-state index contributed by atoms with van der Waals surface area (Å²) >= 11 is 0. The Morgan fingerprint density at radius 3 is 2.79 bits per heavy atom. The number of methoxy groups -OCH3 is 1. The number of phenolic OH excluding ortho intramolecular Hbond substituents is 1. The van der Waals surface area contributed by atoms with E-state index in [0.717, 1.165) is 0 Å². The Morgan fingerprint density at radius 2 is 2.29 bits per heavy atom. The second-order valence-corrected chi connectivity index (χ2v) is 2.49. The van der Waals surface area contributed by atoms with Crippen LogP contribution in [0.5, 0.6) is 5.75 Å². The predicted molar refractivity (Wildman–Crippen MR) is 49.1 cm³/mol. The molecule has 2 N–H and O–H groups in total. The third-order valence-corrected chi connectivity index (χ3v) is 1.63. The highest BCUT2D eigenvalue weighted by atomic mass is 16.5. The maximum absolute atomic E-state index is 11.0. The molecule has 0 atom stereocenters. The Kier molecular flexibility index (Phi) is 3.06. The first-order chi connectivity index (χ1) is 6.69. The van der Waals surface area contributed by atoms with Crippen LogP contribution in [0.15, 0.2) is 18.2 Å². The number of carbonyl (C=O) groups excluding carboxylic acids is 2. The zero-order chi connectivity index (χ0) is 10.6. The molecule has 0 spiro atoms. The molecule has 1 aromatic rings. The van der Waals surface area contributed by atoms with Crippen LogP contribution in [0.4, 0.5) is 5.69 Å². The summed E-state index contributed by atoms with van der Waals surface area (Å²) in [5.74, 6) is -0.724. The topological polar surface area (TPSA) is 75.6 Å². The summed E-state index contributed by atoms with van der Waals surface area (Å²) in [6, 6.07) is 4.07. The number of anilines is 1. The van der Waals surface area contributed by atoms with Crippen LogP contribution < -0.4 is 5.32 Å². The van der Waals surface area contributed by atoms with Crippen LogP contribution >= 0.6 is 0 Å². The van der Waals surface area contributed by atoms with Gasteiger partial charge in [0.05, 0.1) is 18.4 Å². The second kappa shape index (κ2) is 4.27. The van der Waals surface area contributed by atoms with Gasteiger partial charge in [0.15, 0.2) is 0 Å². The Bertz CT molecular complexity index is 362. The third kappa shape index (κ3) is 2.01. The number of benzene rings is 1. The summed E-state index contributed by atoms with van der Waals surface area (Å²) in [6.07, 6.45) is 0.437. The Labute approximate surface area is 80.3 Å². The van der Waals surface area contributed by atoms with Crippen LogP contribution in [0, 0.1) is 0 Å². The first-order valence-electron chi connectivity index (χ1n) is 3.80. The van der Waals surface area contributed by atoms with Crippen molar-refractivity contribution in [2.75, 3.05) is 12.4 Å². The van der Waals surface area contributed by atoms with Crippen LogP contribution in [0.3, 0.4) is 0 Å². The summed E-state index contributed by atoms with van der Waals surface area (Å²) in [5, 5.41) is 11.6. The van der Waals surface area contributed by atoms with Crippen LogP contribution in [0.2, 0.25) is 0 Å². The first-order valence-corrected chi connectivity index (χ1v) is 3.80. The molecule has 0 aliphatic rings. The number of aromatic hydroxyl groups is 1. The minimum Gasteiger partial charge on any atom is -0.506 e. The average molecular weight is 195 g/mol. The Balaban J connectivity index is 2.99. The Morgan fingerprint density at radius 1 is 1.57 bits per heavy atom. The van der Waals surface area contributed by atoms with Crippen molar-refractivity contribution in [2.24, 2.45) is 0 Å². The van der Waals surface area contributed by atoms with E-state index < -0.39 is 5.97 Å². The molecule has 0 saturated carbocycles. The quantitative estimate of drug-likeness (QED) is 0.424. The lowest BCUT2D eigenvalue weighted by atomic mass is 10.2. The SMILES string of the molecule is COC(=O)c1ccc(NC=O)c(O)c1. The van der Waals surface area contributed by atoms with E-state index in [-0.39, 0.29) is 17.0 Å². The zero-order valence-electron chi connectivity index (χ0n) is 7.48. The summed E-state index contributed by atoms with van der Waals surface area (Å²) in [4.78, 5) is 21.1. The van der Waals surface area contributed by atoms with Gasteiger partial charge >= 0.3 is 5.97 Å². The number of nitrogens with one attached hydrogen (secondary N) is 1. The molecular weight excluding hydrogens is 186 g/mol. The predicted octanol–water partition coefficient (Wildman–Crippen LogP) is 0.747. The van der Waals surface area contributed by atoms with Crippen LogP contribution in [-0.2, 0) is 9.53 Å². The average Bonchev–Trinajstić information content (AvgIpc) is 2.20. The largest absolute Gasteiger partial charge is 0.506 e. The molecule has 74 valence electrons. The van der Waals surface area contributed by atoms with Crippen molar-refractivity contribution >= 4 is 18.1 Å². The molecule has 1 amide bonds. The van der Waals surface area contributed by atoms with Crippen molar-refractivity contribution in [3.8, 4) is 5.75 Å². The highest BCUT2D eigenvalue weighted by Gasteiger charge is 2.08. The van der Waals surface area contributed by atoms with Crippen LogP contribution in [0.1, 0.15) is 10.4 Å². The minimum atomic E-state index is -0.544.